The van der Waals surface area contributed by atoms with E-state index in [1.807, 2.05) is 17.8 Å². The van der Waals surface area contributed by atoms with Gasteiger partial charge in [-0.25, -0.2) is 0 Å². The summed E-state index contributed by atoms with van der Waals surface area (Å²) in [5.74, 6) is 0. The molecule has 2 heterocycles. The monoisotopic (exact) mass is 229 g/mol. The van der Waals surface area contributed by atoms with Gasteiger partial charge in [0.25, 0.3) is 0 Å². The van der Waals surface area contributed by atoms with E-state index in [0.29, 0.717) is 0 Å². The highest BCUT2D eigenvalue weighted by atomic mass is 32.1. The molecule has 80 valence electrons. The molecule has 2 N–H and O–H groups in total. The van der Waals surface area contributed by atoms with Crippen LogP contribution in [0.25, 0.3) is 20.7 Å². The summed E-state index contributed by atoms with van der Waals surface area (Å²) in [5.41, 5.74) is 7.65. The molecule has 0 fully saturated rings. The van der Waals surface area contributed by atoms with Gasteiger partial charge in [0.15, 0.2) is 0 Å². The third-order valence-corrected chi connectivity index (χ3v) is 3.75. The quantitative estimate of drug-likeness (QED) is 0.697. The molecule has 0 saturated carbocycles. The first-order valence-electron chi connectivity index (χ1n) is 5.02. The molecule has 0 amide bonds. The lowest BCUT2D eigenvalue weighted by molar-refractivity contribution is 0.777. The van der Waals surface area contributed by atoms with Crippen LogP contribution in [0.3, 0.4) is 0 Å². The van der Waals surface area contributed by atoms with Crippen molar-refractivity contribution < 1.29 is 0 Å². The van der Waals surface area contributed by atoms with Gasteiger partial charge in [0.05, 0.1) is 16.8 Å². The minimum absolute atomic E-state index is 0.731. The van der Waals surface area contributed by atoms with E-state index in [9.17, 15) is 0 Å². The van der Waals surface area contributed by atoms with Crippen LogP contribution in [0, 0.1) is 0 Å². The van der Waals surface area contributed by atoms with Crippen LogP contribution in [-0.2, 0) is 7.05 Å². The largest absolute Gasteiger partial charge is 0.396 e. The highest BCUT2D eigenvalue weighted by Gasteiger charge is 2.11. The van der Waals surface area contributed by atoms with E-state index < -0.39 is 0 Å². The predicted molar refractivity (Wildman–Crippen MR) is 68.4 cm³/mol. The standard InChI is InChI=1S/C12H11N3S/c1-15-12(9(13)7-14-15)11-6-8-4-2-3-5-10(8)16-11/h2-7H,13H2,1H3. The Morgan fingerprint density at radius 3 is 2.81 bits per heavy atom. The Labute approximate surface area is 97.1 Å². The molecular weight excluding hydrogens is 218 g/mol. The van der Waals surface area contributed by atoms with Crippen molar-refractivity contribution in [2.45, 2.75) is 0 Å². The highest BCUT2D eigenvalue weighted by Crippen LogP contribution is 2.35. The van der Waals surface area contributed by atoms with Crippen LogP contribution >= 0.6 is 11.3 Å². The Hall–Kier alpha value is -1.81. The first-order chi connectivity index (χ1) is 7.75. The molecule has 0 aliphatic heterocycles. The molecule has 0 aliphatic rings. The summed E-state index contributed by atoms with van der Waals surface area (Å²) >= 11 is 1.74. The average Bonchev–Trinajstić information content (AvgIpc) is 2.82. The van der Waals surface area contributed by atoms with Crippen LogP contribution in [0.4, 0.5) is 5.69 Å². The number of hydrogen-bond donors (Lipinski definition) is 1. The molecule has 3 rings (SSSR count). The zero-order valence-electron chi connectivity index (χ0n) is 8.84. The van der Waals surface area contributed by atoms with Crippen LogP contribution in [0.2, 0.25) is 0 Å². The molecule has 0 aliphatic carbocycles. The SMILES string of the molecule is Cn1ncc(N)c1-c1cc2ccccc2s1. The van der Waals surface area contributed by atoms with Gasteiger partial charge in [-0.3, -0.25) is 4.68 Å². The predicted octanol–water partition coefficient (Wildman–Crippen LogP) is 2.88. The number of hydrogen-bond acceptors (Lipinski definition) is 3. The molecule has 0 bridgehead atoms. The van der Waals surface area contributed by atoms with Crippen molar-refractivity contribution in [2.75, 3.05) is 5.73 Å². The molecule has 0 unspecified atom stereocenters. The molecule has 1 aromatic carbocycles. The van der Waals surface area contributed by atoms with Crippen molar-refractivity contribution >= 4 is 27.1 Å². The molecule has 3 nitrogen and oxygen atoms in total. The van der Waals surface area contributed by atoms with E-state index in [0.717, 1.165) is 11.4 Å². The number of rotatable bonds is 1. The van der Waals surface area contributed by atoms with Crippen molar-refractivity contribution in [1.82, 2.24) is 9.78 Å². The summed E-state index contributed by atoms with van der Waals surface area (Å²) in [6, 6.07) is 10.5. The highest BCUT2D eigenvalue weighted by molar-refractivity contribution is 7.22. The third-order valence-electron chi connectivity index (χ3n) is 2.63. The normalized spacial score (nSPS) is 11.1. The summed E-state index contributed by atoms with van der Waals surface area (Å²) in [4.78, 5) is 1.17. The van der Waals surface area contributed by atoms with E-state index in [1.54, 1.807) is 17.5 Å². The van der Waals surface area contributed by atoms with Gasteiger partial charge in [-0.2, -0.15) is 5.10 Å². The van der Waals surface area contributed by atoms with Gasteiger partial charge in [-0.1, -0.05) is 18.2 Å². The maximum atomic E-state index is 5.92. The molecule has 0 atom stereocenters. The Morgan fingerprint density at radius 1 is 1.31 bits per heavy atom. The van der Waals surface area contributed by atoms with E-state index in [2.05, 4.69) is 29.4 Å². The molecule has 16 heavy (non-hydrogen) atoms. The number of aromatic nitrogens is 2. The van der Waals surface area contributed by atoms with Crippen LogP contribution in [0.5, 0.6) is 0 Å². The number of nitrogens with two attached hydrogens (primary N) is 1. The Bertz CT molecular complexity index is 599. The molecular formula is C12H11N3S. The second kappa shape index (κ2) is 3.35. The maximum Gasteiger partial charge on any atom is 0.101 e. The number of nitrogens with zero attached hydrogens (tertiary/aromatic N) is 2. The van der Waals surface area contributed by atoms with Crippen molar-refractivity contribution in [2.24, 2.45) is 7.05 Å². The zero-order valence-corrected chi connectivity index (χ0v) is 9.66. The lowest BCUT2D eigenvalue weighted by atomic mass is 10.2. The minimum atomic E-state index is 0.731. The van der Waals surface area contributed by atoms with Crippen molar-refractivity contribution in [1.29, 1.82) is 0 Å². The van der Waals surface area contributed by atoms with Crippen LogP contribution in [0.15, 0.2) is 36.5 Å². The summed E-state index contributed by atoms with van der Waals surface area (Å²) in [5, 5.41) is 5.41. The van der Waals surface area contributed by atoms with Gasteiger partial charge in [-0.05, 0) is 17.5 Å². The number of nitrogen functional groups attached to an aromatic ring is 1. The van der Waals surface area contributed by atoms with Gasteiger partial charge in [0, 0.05) is 11.7 Å². The number of anilines is 1. The lowest BCUT2D eigenvalue weighted by Crippen LogP contribution is -1.93. The van der Waals surface area contributed by atoms with Gasteiger partial charge >= 0.3 is 0 Å². The van der Waals surface area contributed by atoms with E-state index in [1.165, 1.54) is 15.0 Å². The maximum absolute atomic E-state index is 5.92. The van der Waals surface area contributed by atoms with Gasteiger partial charge in [-0.15, -0.1) is 11.3 Å². The summed E-state index contributed by atoms with van der Waals surface area (Å²) in [6.07, 6.45) is 1.69. The Kier molecular flexibility index (Phi) is 1.97. The molecule has 0 radical (unpaired) electrons. The van der Waals surface area contributed by atoms with E-state index in [4.69, 9.17) is 5.73 Å². The van der Waals surface area contributed by atoms with Crippen molar-refractivity contribution in [3.05, 3.63) is 36.5 Å². The second-order valence-electron chi connectivity index (χ2n) is 3.72. The van der Waals surface area contributed by atoms with Gasteiger partial charge in [0.2, 0.25) is 0 Å². The topological polar surface area (TPSA) is 43.8 Å². The van der Waals surface area contributed by atoms with Crippen LogP contribution in [0.1, 0.15) is 0 Å². The van der Waals surface area contributed by atoms with Crippen LogP contribution < -0.4 is 5.73 Å². The molecule has 2 aromatic heterocycles. The molecule has 0 saturated heterocycles. The van der Waals surface area contributed by atoms with Gasteiger partial charge in [0.1, 0.15) is 5.69 Å². The first-order valence-corrected chi connectivity index (χ1v) is 5.84. The number of aryl methyl sites for hydroxylation is 1. The first kappa shape index (κ1) is 9.42. The van der Waals surface area contributed by atoms with Crippen molar-refractivity contribution in [3.63, 3.8) is 0 Å². The second-order valence-corrected chi connectivity index (χ2v) is 4.80. The number of thiophene rings is 1. The number of benzene rings is 1. The van der Waals surface area contributed by atoms with Crippen molar-refractivity contribution in [3.8, 4) is 10.6 Å². The van der Waals surface area contributed by atoms with Crippen LogP contribution in [-0.4, -0.2) is 9.78 Å². The Morgan fingerprint density at radius 2 is 2.12 bits per heavy atom. The summed E-state index contributed by atoms with van der Waals surface area (Å²) in [6.45, 7) is 0. The zero-order chi connectivity index (χ0) is 11.1. The number of fused-ring (bicyclic) bond motifs is 1. The average molecular weight is 229 g/mol. The fraction of sp³-hybridized carbons (Fsp3) is 0.0833. The Balaban J connectivity index is 2.27. The summed E-state index contributed by atoms with van der Waals surface area (Å²) < 4.78 is 3.10. The smallest absolute Gasteiger partial charge is 0.101 e. The minimum Gasteiger partial charge on any atom is -0.396 e. The summed E-state index contributed by atoms with van der Waals surface area (Å²) in [7, 11) is 1.91. The van der Waals surface area contributed by atoms with E-state index >= 15 is 0 Å². The molecule has 4 heteroatoms. The lowest BCUT2D eigenvalue weighted by Gasteiger charge is -1.98. The van der Waals surface area contributed by atoms with Gasteiger partial charge < -0.3 is 5.73 Å². The fourth-order valence-electron chi connectivity index (χ4n) is 1.85. The fourth-order valence-corrected chi connectivity index (χ4v) is 3.02. The molecule has 0 spiro atoms. The third kappa shape index (κ3) is 1.31. The van der Waals surface area contributed by atoms with E-state index in [-0.39, 0.29) is 0 Å². The molecule has 3 aromatic rings.